The lowest BCUT2D eigenvalue weighted by Crippen LogP contribution is -2.44. The molecule has 0 atom stereocenters. The van der Waals surface area contributed by atoms with Crippen LogP contribution in [-0.4, -0.2) is 14.3 Å². The third-order valence-electron chi connectivity index (χ3n) is 4.37. The Morgan fingerprint density at radius 2 is 1.75 bits per heavy atom. The van der Waals surface area contributed by atoms with Crippen LogP contribution in [0.4, 0.5) is 5.69 Å². The van der Waals surface area contributed by atoms with Crippen molar-refractivity contribution in [1.82, 2.24) is 5.32 Å². The van der Waals surface area contributed by atoms with Gasteiger partial charge in [-0.3, -0.25) is 9.52 Å². The second kappa shape index (κ2) is 5.63. The molecule has 5 nitrogen and oxygen atoms in total. The molecule has 0 aliphatic carbocycles. The van der Waals surface area contributed by atoms with E-state index >= 15 is 0 Å². The van der Waals surface area contributed by atoms with Gasteiger partial charge in [-0.1, -0.05) is 23.8 Å². The third-order valence-corrected chi connectivity index (χ3v) is 5.77. The Morgan fingerprint density at radius 3 is 2.42 bits per heavy atom. The lowest BCUT2D eigenvalue weighted by molar-refractivity contribution is -0.126. The highest BCUT2D eigenvalue weighted by molar-refractivity contribution is 7.92. The van der Waals surface area contributed by atoms with Crippen LogP contribution in [0, 0.1) is 6.92 Å². The standard InChI is InChI=1S/C18H20N2O3S/c1-12-4-7-15(8-5-12)24(22,23)20-14-6-9-16-13(10-14)11-19-17(21)18(16,2)3/h4-10,20H,11H2,1-3H3,(H,19,21). The predicted molar refractivity (Wildman–Crippen MR) is 93.3 cm³/mol. The van der Waals surface area contributed by atoms with Gasteiger partial charge in [-0.15, -0.1) is 0 Å². The Kier molecular flexibility index (Phi) is 3.87. The molecule has 2 aromatic rings. The maximum atomic E-state index is 12.5. The van der Waals surface area contributed by atoms with Gasteiger partial charge in [-0.2, -0.15) is 0 Å². The van der Waals surface area contributed by atoms with E-state index in [1.165, 1.54) is 0 Å². The molecule has 0 radical (unpaired) electrons. The van der Waals surface area contributed by atoms with Crippen LogP contribution in [0.2, 0.25) is 0 Å². The third kappa shape index (κ3) is 2.89. The van der Waals surface area contributed by atoms with Crippen LogP contribution in [0.5, 0.6) is 0 Å². The van der Waals surface area contributed by atoms with Crippen LogP contribution in [0.1, 0.15) is 30.5 Å². The fourth-order valence-corrected chi connectivity index (χ4v) is 3.91. The summed E-state index contributed by atoms with van der Waals surface area (Å²) in [6.45, 7) is 6.02. The zero-order valence-electron chi connectivity index (χ0n) is 13.9. The monoisotopic (exact) mass is 344 g/mol. The lowest BCUT2D eigenvalue weighted by Gasteiger charge is -2.32. The molecule has 2 N–H and O–H groups in total. The van der Waals surface area contributed by atoms with E-state index in [1.54, 1.807) is 36.4 Å². The quantitative estimate of drug-likeness (QED) is 0.899. The first-order chi connectivity index (χ1) is 11.2. The fourth-order valence-electron chi connectivity index (χ4n) is 2.86. The maximum Gasteiger partial charge on any atom is 0.261 e. The van der Waals surface area contributed by atoms with E-state index < -0.39 is 15.4 Å². The summed E-state index contributed by atoms with van der Waals surface area (Å²) in [4.78, 5) is 12.2. The average molecular weight is 344 g/mol. The number of benzene rings is 2. The van der Waals surface area contributed by atoms with Gasteiger partial charge < -0.3 is 5.32 Å². The number of anilines is 1. The lowest BCUT2D eigenvalue weighted by atomic mass is 9.78. The molecule has 0 bridgehead atoms. The van der Waals surface area contributed by atoms with Gasteiger partial charge in [-0.05, 0) is 56.2 Å². The van der Waals surface area contributed by atoms with E-state index in [0.717, 1.165) is 16.7 Å². The number of amides is 1. The molecular formula is C18H20N2O3S. The maximum absolute atomic E-state index is 12.5. The van der Waals surface area contributed by atoms with E-state index in [9.17, 15) is 13.2 Å². The van der Waals surface area contributed by atoms with Gasteiger partial charge in [0.05, 0.1) is 10.3 Å². The molecular weight excluding hydrogens is 324 g/mol. The highest BCUT2D eigenvalue weighted by Crippen LogP contribution is 2.32. The summed E-state index contributed by atoms with van der Waals surface area (Å²) in [5.41, 5.74) is 2.71. The van der Waals surface area contributed by atoms with E-state index in [0.29, 0.717) is 12.2 Å². The highest BCUT2D eigenvalue weighted by Gasteiger charge is 2.35. The van der Waals surface area contributed by atoms with Crippen molar-refractivity contribution in [2.75, 3.05) is 4.72 Å². The van der Waals surface area contributed by atoms with Crippen LogP contribution >= 0.6 is 0 Å². The van der Waals surface area contributed by atoms with Crippen LogP contribution < -0.4 is 10.0 Å². The number of carbonyl (C=O) groups excluding carboxylic acids is 1. The van der Waals surface area contributed by atoms with Crippen molar-refractivity contribution in [1.29, 1.82) is 0 Å². The van der Waals surface area contributed by atoms with Crippen molar-refractivity contribution in [2.45, 2.75) is 37.6 Å². The molecule has 1 heterocycles. The van der Waals surface area contributed by atoms with Crippen LogP contribution in [-0.2, 0) is 26.8 Å². The predicted octanol–water partition coefficient (Wildman–Crippen LogP) is 2.70. The zero-order valence-corrected chi connectivity index (χ0v) is 14.7. The Hall–Kier alpha value is -2.34. The number of rotatable bonds is 3. The van der Waals surface area contributed by atoms with Crippen molar-refractivity contribution in [3.8, 4) is 0 Å². The average Bonchev–Trinajstić information content (AvgIpc) is 2.51. The Bertz CT molecular complexity index is 900. The molecule has 1 aliphatic heterocycles. The van der Waals surface area contributed by atoms with E-state index in [2.05, 4.69) is 10.0 Å². The number of hydrogen-bond acceptors (Lipinski definition) is 3. The molecule has 2 aromatic carbocycles. The minimum Gasteiger partial charge on any atom is -0.351 e. The molecule has 1 aliphatic rings. The summed E-state index contributed by atoms with van der Waals surface area (Å²) < 4.78 is 27.6. The van der Waals surface area contributed by atoms with E-state index in [4.69, 9.17) is 0 Å². The first-order valence-electron chi connectivity index (χ1n) is 7.71. The first kappa shape index (κ1) is 16.5. The molecule has 0 fully saturated rings. The minimum atomic E-state index is -3.63. The summed E-state index contributed by atoms with van der Waals surface area (Å²) in [5.74, 6) is -0.0250. The zero-order chi connectivity index (χ0) is 17.5. The van der Waals surface area contributed by atoms with Crippen LogP contribution in [0.3, 0.4) is 0 Å². The van der Waals surface area contributed by atoms with Crippen molar-refractivity contribution in [2.24, 2.45) is 0 Å². The second-order valence-corrected chi connectivity index (χ2v) is 8.28. The normalized spacial score (nSPS) is 16.2. The molecule has 126 valence electrons. The molecule has 0 saturated heterocycles. The number of fused-ring (bicyclic) bond motifs is 1. The van der Waals surface area contributed by atoms with Gasteiger partial charge in [0.15, 0.2) is 0 Å². The number of hydrogen-bond donors (Lipinski definition) is 2. The topological polar surface area (TPSA) is 75.3 Å². The largest absolute Gasteiger partial charge is 0.351 e. The molecule has 24 heavy (non-hydrogen) atoms. The number of aryl methyl sites for hydroxylation is 1. The molecule has 0 aromatic heterocycles. The number of carbonyl (C=O) groups is 1. The summed E-state index contributed by atoms with van der Waals surface area (Å²) >= 11 is 0. The van der Waals surface area contributed by atoms with Crippen molar-refractivity contribution in [3.05, 3.63) is 59.2 Å². The van der Waals surface area contributed by atoms with Crippen LogP contribution in [0.15, 0.2) is 47.4 Å². The van der Waals surface area contributed by atoms with Gasteiger partial charge in [0.1, 0.15) is 0 Å². The van der Waals surface area contributed by atoms with E-state index in [-0.39, 0.29) is 10.8 Å². The second-order valence-electron chi connectivity index (χ2n) is 6.60. The first-order valence-corrected chi connectivity index (χ1v) is 9.20. The molecule has 0 saturated carbocycles. The number of sulfonamides is 1. The molecule has 1 amide bonds. The van der Waals surface area contributed by atoms with Crippen molar-refractivity contribution >= 4 is 21.6 Å². The molecule has 3 rings (SSSR count). The summed E-state index contributed by atoms with van der Waals surface area (Å²) in [6, 6.07) is 12.0. The van der Waals surface area contributed by atoms with Crippen molar-refractivity contribution in [3.63, 3.8) is 0 Å². The fraction of sp³-hybridized carbons (Fsp3) is 0.278. The van der Waals surface area contributed by atoms with Crippen molar-refractivity contribution < 1.29 is 13.2 Å². The van der Waals surface area contributed by atoms with Gasteiger partial charge >= 0.3 is 0 Å². The Balaban J connectivity index is 1.92. The summed E-state index contributed by atoms with van der Waals surface area (Å²) in [5, 5.41) is 2.84. The summed E-state index contributed by atoms with van der Waals surface area (Å²) in [6.07, 6.45) is 0. The Morgan fingerprint density at radius 1 is 1.08 bits per heavy atom. The van der Waals surface area contributed by atoms with Gasteiger partial charge in [0.25, 0.3) is 10.0 Å². The van der Waals surface area contributed by atoms with E-state index in [1.807, 2.05) is 26.8 Å². The highest BCUT2D eigenvalue weighted by atomic mass is 32.2. The number of nitrogens with one attached hydrogen (secondary N) is 2. The molecule has 6 heteroatoms. The minimum absolute atomic E-state index is 0.0250. The Labute approximate surface area is 142 Å². The van der Waals surface area contributed by atoms with Gasteiger partial charge in [-0.25, -0.2) is 8.42 Å². The van der Waals surface area contributed by atoms with Crippen LogP contribution in [0.25, 0.3) is 0 Å². The van der Waals surface area contributed by atoms with Gasteiger partial charge in [0, 0.05) is 12.2 Å². The molecule has 0 spiro atoms. The summed E-state index contributed by atoms with van der Waals surface area (Å²) in [7, 11) is -3.63. The smallest absolute Gasteiger partial charge is 0.261 e. The SMILES string of the molecule is Cc1ccc(S(=O)(=O)Nc2ccc3c(c2)CNC(=O)C3(C)C)cc1. The van der Waals surface area contributed by atoms with Gasteiger partial charge in [0.2, 0.25) is 5.91 Å². The molecule has 0 unspecified atom stereocenters.